The molecule has 0 aliphatic rings. The summed E-state index contributed by atoms with van der Waals surface area (Å²) in [4.78, 5) is 15.3. The maximum absolute atomic E-state index is 14.1. The number of nitrogens with zero attached hydrogens (tertiary/aromatic N) is 1. The largest absolute Gasteiger partial charge is 0.336 e. The van der Waals surface area contributed by atoms with Gasteiger partial charge in [0.05, 0.1) is 0 Å². The van der Waals surface area contributed by atoms with Crippen molar-refractivity contribution in [3.05, 3.63) is 60.7 Å². The lowest BCUT2D eigenvalue weighted by Gasteiger charge is -2.28. The van der Waals surface area contributed by atoms with Gasteiger partial charge in [0.15, 0.2) is 0 Å². The predicted molar refractivity (Wildman–Crippen MR) is 107 cm³/mol. The first-order valence-corrected chi connectivity index (χ1v) is 10.9. The monoisotopic (exact) mass is 357 g/mol. The summed E-state index contributed by atoms with van der Waals surface area (Å²) in [6.07, 6.45) is 3.88. The Morgan fingerprint density at radius 1 is 0.800 bits per heavy atom. The van der Waals surface area contributed by atoms with Crippen molar-refractivity contribution in [2.45, 2.75) is 39.5 Å². The van der Waals surface area contributed by atoms with E-state index >= 15 is 0 Å². The Bertz CT molecular complexity index is 649. The fourth-order valence-electron chi connectivity index (χ4n) is 2.85. The molecule has 0 bridgehead atoms. The zero-order valence-electron chi connectivity index (χ0n) is 15.2. The van der Waals surface area contributed by atoms with Crippen molar-refractivity contribution >= 4 is 23.4 Å². The van der Waals surface area contributed by atoms with Gasteiger partial charge in [-0.1, -0.05) is 87.4 Å². The van der Waals surface area contributed by atoms with Crippen molar-refractivity contribution in [1.29, 1.82) is 0 Å². The van der Waals surface area contributed by atoms with E-state index in [0.29, 0.717) is 23.7 Å². The number of benzene rings is 2. The number of unbranched alkanes of at least 4 members (excludes halogenated alkanes) is 2. The van der Waals surface area contributed by atoms with E-state index in [1.54, 1.807) is 0 Å². The molecule has 4 heteroatoms. The number of carbonyl (C=O) groups excluding carboxylic acids is 1. The third-order valence-corrected chi connectivity index (χ3v) is 7.21. The van der Waals surface area contributed by atoms with E-state index in [2.05, 4.69) is 13.8 Å². The average molecular weight is 357 g/mol. The lowest BCUT2D eigenvalue weighted by Crippen LogP contribution is -2.36. The van der Waals surface area contributed by atoms with E-state index in [4.69, 9.17) is 0 Å². The van der Waals surface area contributed by atoms with E-state index in [-0.39, 0.29) is 5.65 Å². The smallest absolute Gasteiger partial charge is 0.290 e. The molecule has 0 heterocycles. The van der Waals surface area contributed by atoms with E-state index in [0.717, 1.165) is 25.7 Å². The Balaban J connectivity index is 2.47. The molecule has 0 fully saturated rings. The van der Waals surface area contributed by atoms with E-state index in [1.165, 1.54) is 0 Å². The molecule has 2 aromatic carbocycles. The normalized spacial score (nSPS) is 11.3. The fourth-order valence-corrected chi connectivity index (χ4v) is 5.37. The van der Waals surface area contributed by atoms with Gasteiger partial charge in [-0.2, -0.15) is 0 Å². The molecule has 2 rings (SSSR count). The summed E-state index contributed by atoms with van der Waals surface area (Å²) in [7, 11) is -3.36. The minimum Gasteiger partial charge on any atom is -0.336 e. The summed E-state index contributed by atoms with van der Waals surface area (Å²) < 4.78 is 14.1. The van der Waals surface area contributed by atoms with Crippen LogP contribution in [-0.2, 0) is 4.57 Å². The third-order valence-electron chi connectivity index (χ3n) is 4.34. The van der Waals surface area contributed by atoms with Crippen molar-refractivity contribution in [3.8, 4) is 0 Å². The highest BCUT2D eigenvalue weighted by Gasteiger charge is 2.38. The van der Waals surface area contributed by atoms with Crippen LogP contribution in [-0.4, -0.2) is 23.6 Å². The predicted octanol–water partition coefficient (Wildman–Crippen LogP) is 5.02. The van der Waals surface area contributed by atoms with Crippen molar-refractivity contribution in [1.82, 2.24) is 4.90 Å². The van der Waals surface area contributed by atoms with Crippen molar-refractivity contribution in [2.75, 3.05) is 13.1 Å². The molecule has 0 N–H and O–H groups in total. The van der Waals surface area contributed by atoms with Crippen LogP contribution in [0.25, 0.3) is 0 Å². The third kappa shape index (κ3) is 4.61. The SMILES string of the molecule is CCCCN(CCCC)C(=O)P(=O)(c1ccccc1)c1ccccc1. The first-order chi connectivity index (χ1) is 12.1. The molecule has 0 spiro atoms. The molecule has 25 heavy (non-hydrogen) atoms. The van der Waals surface area contributed by atoms with Crippen LogP contribution in [0.1, 0.15) is 39.5 Å². The Kier molecular flexibility index (Phi) is 7.46. The molecule has 134 valence electrons. The molecule has 0 aliphatic heterocycles. The van der Waals surface area contributed by atoms with Gasteiger partial charge >= 0.3 is 0 Å². The molecule has 0 saturated heterocycles. The first kappa shape index (κ1) is 19.5. The number of hydrogen-bond donors (Lipinski definition) is 0. The molecule has 3 nitrogen and oxygen atoms in total. The molecule has 0 saturated carbocycles. The van der Waals surface area contributed by atoms with Gasteiger partial charge in [0.25, 0.3) is 5.65 Å². The van der Waals surface area contributed by atoms with Crippen molar-refractivity contribution in [2.24, 2.45) is 0 Å². The number of hydrogen-bond acceptors (Lipinski definition) is 2. The molecule has 2 aromatic rings. The van der Waals surface area contributed by atoms with Gasteiger partial charge in [-0.3, -0.25) is 4.79 Å². The minimum atomic E-state index is -3.36. The molecule has 0 radical (unpaired) electrons. The summed E-state index contributed by atoms with van der Waals surface area (Å²) in [6.45, 7) is 5.55. The van der Waals surface area contributed by atoms with Crippen LogP contribution < -0.4 is 10.6 Å². The molecule has 1 amide bonds. The maximum Gasteiger partial charge on any atom is 0.290 e. The standard InChI is InChI=1S/C21H28NO2P/c1-3-5-17-22(18-6-4-2)21(23)25(24,19-13-9-7-10-14-19)20-15-11-8-12-16-20/h7-16H,3-6,17-18H2,1-2H3. The van der Waals surface area contributed by atoms with Crippen molar-refractivity contribution in [3.63, 3.8) is 0 Å². The zero-order valence-corrected chi connectivity index (χ0v) is 16.1. The average Bonchev–Trinajstić information content (AvgIpc) is 2.68. The van der Waals surface area contributed by atoms with E-state index in [9.17, 15) is 9.36 Å². The van der Waals surface area contributed by atoms with Gasteiger partial charge < -0.3 is 9.46 Å². The highest BCUT2D eigenvalue weighted by molar-refractivity contribution is 7.92. The van der Waals surface area contributed by atoms with Crippen LogP contribution >= 0.6 is 7.14 Å². The van der Waals surface area contributed by atoms with Crippen LogP contribution in [0, 0.1) is 0 Å². The molecule has 0 aromatic heterocycles. The Morgan fingerprint density at radius 3 is 1.56 bits per heavy atom. The molecular weight excluding hydrogens is 329 g/mol. The zero-order chi connectivity index (χ0) is 18.1. The second kappa shape index (κ2) is 9.58. The second-order valence-corrected chi connectivity index (χ2v) is 8.89. The summed E-state index contributed by atoms with van der Waals surface area (Å²) in [5.74, 6) is 0. The van der Waals surface area contributed by atoms with E-state index in [1.807, 2.05) is 65.6 Å². The van der Waals surface area contributed by atoms with Gasteiger partial charge in [-0.25, -0.2) is 0 Å². The summed E-state index contributed by atoms with van der Waals surface area (Å²) in [5, 5.41) is 1.23. The first-order valence-electron chi connectivity index (χ1n) is 9.15. The maximum atomic E-state index is 14.1. The highest BCUT2D eigenvalue weighted by Crippen LogP contribution is 2.46. The molecule has 0 atom stereocenters. The Morgan fingerprint density at radius 2 is 1.20 bits per heavy atom. The topological polar surface area (TPSA) is 37.4 Å². The van der Waals surface area contributed by atoms with Crippen molar-refractivity contribution < 1.29 is 9.36 Å². The van der Waals surface area contributed by atoms with Gasteiger partial charge in [0.2, 0.25) is 7.14 Å². The molecule has 0 aliphatic carbocycles. The van der Waals surface area contributed by atoms with Crippen LogP contribution in [0.5, 0.6) is 0 Å². The highest BCUT2D eigenvalue weighted by atomic mass is 31.2. The lowest BCUT2D eigenvalue weighted by atomic mass is 10.3. The number of amides is 1. The Hall–Kier alpha value is -1.86. The fraction of sp³-hybridized carbons (Fsp3) is 0.381. The minimum absolute atomic E-state index is 0.230. The van der Waals surface area contributed by atoms with Gasteiger partial charge in [-0.05, 0) is 12.8 Å². The number of carbonyl (C=O) groups is 1. The van der Waals surface area contributed by atoms with E-state index < -0.39 is 7.14 Å². The number of rotatable bonds is 9. The quantitative estimate of drug-likeness (QED) is 0.591. The van der Waals surface area contributed by atoms with Gasteiger partial charge in [-0.15, -0.1) is 0 Å². The van der Waals surface area contributed by atoms with Gasteiger partial charge in [0.1, 0.15) is 0 Å². The Labute approximate surface area is 151 Å². The summed E-state index contributed by atoms with van der Waals surface area (Å²) >= 11 is 0. The van der Waals surface area contributed by atoms with Crippen LogP contribution in [0.4, 0.5) is 4.79 Å². The van der Waals surface area contributed by atoms with Crippen LogP contribution in [0.3, 0.4) is 0 Å². The molecular formula is C21H28NO2P. The van der Waals surface area contributed by atoms with Crippen LogP contribution in [0.2, 0.25) is 0 Å². The summed E-state index contributed by atoms with van der Waals surface area (Å²) in [5.41, 5.74) is -0.230. The van der Waals surface area contributed by atoms with Gasteiger partial charge in [0, 0.05) is 23.7 Å². The second-order valence-electron chi connectivity index (χ2n) is 6.26. The molecule has 0 unspecified atom stereocenters. The summed E-state index contributed by atoms with van der Waals surface area (Å²) in [6, 6.07) is 18.4. The lowest BCUT2D eigenvalue weighted by molar-refractivity contribution is 0.219. The van der Waals surface area contributed by atoms with Crippen LogP contribution in [0.15, 0.2) is 60.7 Å².